The topological polar surface area (TPSA) is 0 Å². The van der Waals surface area contributed by atoms with Crippen LogP contribution in [-0.4, -0.2) is 0 Å². The van der Waals surface area contributed by atoms with Crippen molar-refractivity contribution in [2.75, 3.05) is 0 Å². The van der Waals surface area contributed by atoms with Crippen LogP contribution in [0, 0.1) is 0 Å². The summed E-state index contributed by atoms with van der Waals surface area (Å²) >= 11 is 0. The largest absolute Gasteiger partial charge is 0.0587 e. The average Bonchev–Trinajstić information content (AvgIpc) is 2.71. The highest BCUT2D eigenvalue weighted by Gasteiger charge is 2.18. The highest BCUT2D eigenvalue weighted by Crippen LogP contribution is 2.35. The Balaban J connectivity index is 2.39. The van der Waals surface area contributed by atoms with Crippen LogP contribution >= 0.6 is 0 Å². The SMILES string of the molecule is CC(C)c1cc(C(C)C)c(C(C)C)cc1CCCc1cc(C(C)C)c(C(C)C)cc1C(C)C. The van der Waals surface area contributed by atoms with Crippen LogP contribution in [0.25, 0.3) is 0 Å². The lowest BCUT2D eigenvalue weighted by Gasteiger charge is -2.24. The molecule has 0 aliphatic rings. The zero-order valence-electron chi connectivity index (χ0n) is 23.9. The van der Waals surface area contributed by atoms with Crippen molar-refractivity contribution >= 4 is 0 Å². The first-order valence-corrected chi connectivity index (χ1v) is 13.7. The molecular weight excluding hydrogens is 396 g/mol. The first-order valence-electron chi connectivity index (χ1n) is 13.7. The predicted octanol–water partition coefficient (Wildman–Crippen LogP) is 10.6. The van der Waals surface area contributed by atoms with Gasteiger partial charge in [0.1, 0.15) is 0 Å². The Morgan fingerprint density at radius 1 is 0.364 bits per heavy atom. The van der Waals surface area contributed by atoms with Gasteiger partial charge in [0.25, 0.3) is 0 Å². The lowest BCUT2D eigenvalue weighted by molar-refractivity contribution is 0.734. The van der Waals surface area contributed by atoms with Crippen molar-refractivity contribution in [2.24, 2.45) is 0 Å². The Kier molecular flexibility index (Phi) is 9.83. The number of benzene rings is 2. The molecule has 0 unspecified atom stereocenters. The van der Waals surface area contributed by atoms with E-state index in [2.05, 4.69) is 107 Å². The summed E-state index contributed by atoms with van der Waals surface area (Å²) in [6.45, 7) is 28.2. The van der Waals surface area contributed by atoms with Crippen LogP contribution < -0.4 is 0 Å². The van der Waals surface area contributed by atoms with Crippen LogP contribution in [-0.2, 0) is 12.8 Å². The maximum Gasteiger partial charge on any atom is -0.0216 e. The zero-order chi connectivity index (χ0) is 25.0. The molecule has 0 saturated carbocycles. The molecule has 0 aliphatic heterocycles. The molecule has 0 radical (unpaired) electrons. The third-order valence-electron chi connectivity index (χ3n) is 7.31. The van der Waals surface area contributed by atoms with Crippen molar-refractivity contribution in [1.29, 1.82) is 0 Å². The van der Waals surface area contributed by atoms with E-state index in [9.17, 15) is 0 Å². The van der Waals surface area contributed by atoms with Crippen LogP contribution in [0.5, 0.6) is 0 Å². The van der Waals surface area contributed by atoms with Crippen LogP contribution in [0.3, 0.4) is 0 Å². The molecule has 2 aromatic rings. The molecule has 0 saturated heterocycles. The molecule has 0 amide bonds. The van der Waals surface area contributed by atoms with Gasteiger partial charge in [-0.1, -0.05) is 107 Å². The van der Waals surface area contributed by atoms with Gasteiger partial charge < -0.3 is 0 Å². The molecule has 2 aromatic carbocycles. The van der Waals surface area contributed by atoms with Gasteiger partial charge in [-0.25, -0.2) is 0 Å². The number of hydrogen-bond donors (Lipinski definition) is 0. The second kappa shape index (κ2) is 11.7. The van der Waals surface area contributed by atoms with Crippen molar-refractivity contribution in [3.05, 3.63) is 68.8 Å². The Bertz CT molecular complexity index is 831. The van der Waals surface area contributed by atoms with Crippen molar-refractivity contribution in [1.82, 2.24) is 0 Å². The van der Waals surface area contributed by atoms with E-state index in [-0.39, 0.29) is 0 Å². The third-order valence-corrected chi connectivity index (χ3v) is 7.31. The van der Waals surface area contributed by atoms with Crippen LogP contribution in [0.2, 0.25) is 0 Å². The Morgan fingerprint density at radius 2 is 0.606 bits per heavy atom. The van der Waals surface area contributed by atoms with Gasteiger partial charge in [-0.2, -0.15) is 0 Å². The van der Waals surface area contributed by atoms with Crippen LogP contribution in [0.4, 0.5) is 0 Å². The minimum absolute atomic E-state index is 0.572. The predicted molar refractivity (Wildman–Crippen MR) is 149 cm³/mol. The van der Waals surface area contributed by atoms with E-state index in [1.54, 1.807) is 44.5 Å². The molecule has 0 atom stereocenters. The summed E-state index contributed by atoms with van der Waals surface area (Å²) in [5, 5.41) is 0. The van der Waals surface area contributed by atoms with Crippen molar-refractivity contribution in [3.63, 3.8) is 0 Å². The fraction of sp³-hybridized carbons (Fsp3) is 0.636. The third kappa shape index (κ3) is 6.74. The van der Waals surface area contributed by atoms with E-state index in [0.29, 0.717) is 35.5 Å². The molecule has 0 bridgehead atoms. The van der Waals surface area contributed by atoms with Crippen molar-refractivity contribution in [3.8, 4) is 0 Å². The average molecular weight is 449 g/mol. The van der Waals surface area contributed by atoms with Gasteiger partial charge in [-0.15, -0.1) is 0 Å². The molecule has 0 heterocycles. The van der Waals surface area contributed by atoms with E-state index in [4.69, 9.17) is 0 Å². The summed E-state index contributed by atoms with van der Waals surface area (Å²) in [6.07, 6.45) is 3.56. The monoisotopic (exact) mass is 448 g/mol. The summed E-state index contributed by atoms with van der Waals surface area (Å²) in [5.74, 6) is 3.46. The van der Waals surface area contributed by atoms with E-state index >= 15 is 0 Å². The van der Waals surface area contributed by atoms with Crippen LogP contribution in [0.15, 0.2) is 24.3 Å². The van der Waals surface area contributed by atoms with E-state index < -0.39 is 0 Å². The lowest BCUT2D eigenvalue weighted by Crippen LogP contribution is -2.08. The van der Waals surface area contributed by atoms with E-state index in [0.717, 1.165) is 0 Å². The summed E-state index contributed by atoms with van der Waals surface area (Å²) in [6, 6.07) is 10.2. The molecule has 0 spiro atoms. The van der Waals surface area contributed by atoms with Gasteiger partial charge in [0.2, 0.25) is 0 Å². The van der Waals surface area contributed by atoms with Gasteiger partial charge in [-0.3, -0.25) is 0 Å². The number of aryl methyl sites for hydroxylation is 2. The first-order chi connectivity index (χ1) is 15.3. The van der Waals surface area contributed by atoms with E-state index in [1.165, 1.54) is 19.3 Å². The molecule has 0 N–H and O–H groups in total. The molecule has 0 nitrogen and oxygen atoms in total. The lowest BCUT2D eigenvalue weighted by atomic mass is 9.81. The molecule has 0 heteroatoms. The maximum absolute atomic E-state index is 2.56. The number of hydrogen-bond acceptors (Lipinski definition) is 0. The number of rotatable bonds is 10. The van der Waals surface area contributed by atoms with E-state index in [1.807, 2.05) is 0 Å². The second-order valence-corrected chi connectivity index (χ2v) is 12.1. The maximum atomic E-state index is 2.56. The molecule has 33 heavy (non-hydrogen) atoms. The molecule has 0 aromatic heterocycles. The molecular formula is C33H52. The fourth-order valence-corrected chi connectivity index (χ4v) is 5.37. The van der Waals surface area contributed by atoms with Gasteiger partial charge in [0.15, 0.2) is 0 Å². The Hall–Kier alpha value is -1.56. The Labute approximate surface area is 206 Å². The highest BCUT2D eigenvalue weighted by atomic mass is 14.2. The van der Waals surface area contributed by atoms with Gasteiger partial charge in [0.05, 0.1) is 0 Å². The summed E-state index contributed by atoms with van der Waals surface area (Å²) < 4.78 is 0. The first kappa shape index (κ1) is 27.7. The summed E-state index contributed by atoms with van der Waals surface area (Å²) in [4.78, 5) is 0. The van der Waals surface area contributed by atoms with Gasteiger partial charge in [0, 0.05) is 0 Å². The highest BCUT2D eigenvalue weighted by molar-refractivity contribution is 5.45. The molecule has 184 valence electrons. The fourth-order valence-electron chi connectivity index (χ4n) is 5.37. The van der Waals surface area contributed by atoms with Crippen molar-refractivity contribution in [2.45, 2.75) is 138 Å². The quantitative estimate of drug-likeness (QED) is 0.339. The van der Waals surface area contributed by atoms with Gasteiger partial charge >= 0.3 is 0 Å². The molecule has 0 fully saturated rings. The summed E-state index contributed by atoms with van der Waals surface area (Å²) in [5.41, 5.74) is 12.5. The smallest absolute Gasteiger partial charge is 0.0216 e. The van der Waals surface area contributed by atoms with Gasteiger partial charge in [-0.05, 0) is 99.3 Å². The molecule has 2 rings (SSSR count). The standard InChI is InChI=1S/C33H52/c1-20(2)28-18-32(24(9)10)30(22(5)6)16-26(28)14-13-15-27-17-31(23(7)8)33(25(11)12)19-29(27)21(3)4/h16-25H,13-15H2,1-12H3. The Morgan fingerprint density at radius 3 is 0.848 bits per heavy atom. The second-order valence-electron chi connectivity index (χ2n) is 12.1. The minimum Gasteiger partial charge on any atom is -0.0587 e. The van der Waals surface area contributed by atoms with Crippen molar-refractivity contribution < 1.29 is 0 Å². The molecule has 0 aliphatic carbocycles. The minimum atomic E-state index is 0.572. The van der Waals surface area contributed by atoms with Crippen LogP contribution in [0.1, 0.15) is 170 Å². The summed E-state index contributed by atoms with van der Waals surface area (Å²) in [7, 11) is 0. The normalized spacial score (nSPS) is 12.4. The zero-order valence-corrected chi connectivity index (χ0v) is 23.9.